The molecule has 1 aromatic carbocycles. The van der Waals surface area contributed by atoms with Crippen molar-refractivity contribution in [1.82, 2.24) is 0 Å². The van der Waals surface area contributed by atoms with Crippen LogP contribution in [-0.4, -0.2) is 0 Å². The second kappa shape index (κ2) is 4.06. The first-order valence-electron chi connectivity index (χ1n) is 6.23. The van der Waals surface area contributed by atoms with Crippen molar-refractivity contribution in [3.63, 3.8) is 0 Å². The van der Waals surface area contributed by atoms with Gasteiger partial charge in [-0.2, -0.15) is 0 Å². The fraction of sp³-hybridized carbons (Fsp3) is 0.375. The molecule has 0 amide bonds. The van der Waals surface area contributed by atoms with Crippen LogP contribution in [0.15, 0.2) is 42.1 Å². The van der Waals surface area contributed by atoms with Crippen LogP contribution in [-0.2, 0) is 5.41 Å². The van der Waals surface area contributed by atoms with Gasteiger partial charge in [-0.1, -0.05) is 38.1 Å². The lowest BCUT2D eigenvalue weighted by molar-refractivity contribution is 0.553. The molecule has 0 aliphatic carbocycles. The van der Waals surface area contributed by atoms with Crippen molar-refractivity contribution < 1.29 is 0 Å². The molecule has 1 aliphatic rings. The zero-order valence-corrected chi connectivity index (χ0v) is 11.2. The van der Waals surface area contributed by atoms with Crippen LogP contribution in [0.1, 0.15) is 38.3 Å². The first kappa shape index (κ1) is 12.0. The number of nitrogens with one attached hydrogen (secondary N) is 1. The zero-order chi connectivity index (χ0) is 12.6. The van der Waals surface area contributed by atoms with Crippen molar-refractivity contribution in [2.45, 2.75) is 39.5 Å². The Morgan fingerprint density at radius 1 is 1.29 bits per heavy atom. The molecule has 0 aromatic heterocycles. The number of aryl methyl sites for hydroxylation is 1. The summed E-state index contributed by atoms with van der Waals surface area (Å²) in [5.74, 6) is 0. The van der Waals surface area contributed by atoms with Gasteiger partial charge in [0, 0.05) is 16.8 Å². The number of anilines is 1. The van der Waals surface area contributed by atoms with Crippen molar-refractivity contribution in [3.05, 3.63) is 53.3 Å². The Hall–Kier alpha value is -1.50. The molecular formula is C16H21N. The van der Waals surface area contributed by atoms with Crippen LogP contribution < -0.4 is 5.32 Å². The maximum Gasteiger partial charge on any atom is 0.0423 e. The van der Waals surface area contributed by atoms with Crippen molar-refractivity contribution in [2.75, 3.05) is 5.32 Å². The first-order valence-corrected chi connectivity index (χ1v) is 6.23. The summed E-state index contributed by atoms with van der Waals surface area (Å²) in [5, 5.41) is 3.47. The Kier molecular flexibility index (Phi) is 2.86. The molecule has 17 heavy (non-hydrogen) atoms. The zero-order valence-electron chi connectivity index (χ0n) is 11.2. The van der Waals surface area contributed by atoms with E-state index in [4.69, 9.17) is 0 Å². The van der Waals surface area contributed by atoms with E-state index in [0.29, 0.717) is 0 Å². The van der Waals surface area contributed by atoms with E-state index in [0.717, 1.165) is 12.1 Å². The third-order valence-electron chi connectivity index (χ3n) is 3.91. The molecule has 1 atom stereocenters. The summed E-state index contributed by atoms with van der Waals surface area (Å²) in [6.45, 7) is 13.0. The predicted molar refractivity (Wildman–Crippen MR) is 75.3 cm³/mol. The van der Waals surface area contributed by atoms with Crippen molar-refractivity contribution in [2.24, 2.45) is 0 Å². The Bertz CT molecular complexity index is 496. The third kappa shape index (κ3) is 1.90. The summed E-state index contributed by atoms with van der Waals surface area (Å²) in [5.41, 5.74) is 6.27. The van der Waals surface area contributed by atoms with Gasteiger partial charge in [0.25, 0.3) is 0 Å². The van der Waals surface area contributed by atoms with Gasteiger partial charge in [-0.3, -0.25) is 0 Å². The van der Waals surface area contributed by atoms with E-state index in [1.54, 1.807) is 0 Å². The van der Waals surface area contributed by atoms with Crippen molar-refractivity contribution in [1.29, 1.82) is 0 Å². The smallest absolute Gasteiger partial charge is 0.0423 e. The lowest BCUT2D eigenvalue weighted by atomic mass is 9.73. The Morgan fingerprint density at radius 2 is 2.00 bits per heavy atom. The van der Waals surface area contributed by atoms with Gasteiger partial charge in [-0.15, -0.1) is 0 Å². The van der Waals surface area contributed by atoms with Crippen molar-refractivity contribution in [3.8, 4) is 0 Å². The first-order chi connectivity index (χ1) is 7.97. The highest BCUT2D eigenvalue weighted by Gasteiger charge is 2.31. The lowest BCUT2D eigenvalue weighted by Gasteiger charge is -2.30. The number of hydrogen-bond acceptors (Lipinski definition) is 1. The number of benzene rings is 1. The largest absolute Gasteiger partial charge is 0.359 e. The molecule has 1 aliphatic heterocycles. The molecule has 0 saturated carbocycles. The van der Waals surface area contributed by atoms with E-state index in [1.165, 1.54) is 22.4 Å². The highest BCUT2D eigenvalue weighted by molar-refractivity contribution is 5.64. The van der Waals surface area contributed by atoms with E-state index in [-0.39, 0.29) is 5.41 Å². The van der Waals surface area contributed by atoms with Gasteiger partial charge in [0.2, 0.25) is 0 Å². The van der Waals surface area contributed by atoms with Gasteiger partial charge in [-0.25, -0.2) is 0 Å². The molecule has 1 nitrogen and oxygen atoms in total. The molecule has 1 unspecified atom stereocenters. The topological polar surface area (TPSA) is 12.0 Å². The van der Waals surface area contributed by atoms with Crippen LogP contribution in [0.25, 0.3) is 0 Å². The van der Waals surface area contributed by atoms with Crippen molar-refractivity contribution >= 4 is 5.69 Å². The van der Waals surface area contributed by atoms with Gasteiger partial charge in [-0.05, 0) is 43.5 Å². The second-order valence-electron chi connectivity index (χ2n) is 5.21. The van der Waals surface area contributed by atoms with Crippen LogP contribution in [0.3, 0.4) is 0 Å². The Balaban J connectivity index is 2.69. The van der Waals surface area contributed by atoms with Crippen LogP contribution in [0.4, 0.5) is 5.69 Å². The molecule has 1 heteroatoms. The van der Waals surface area contributed by atoms with E-state index in [1.807, 2.05) is 0 Å². The molecule has 1 heterocycles. The van der Waals surface area contributed by atoms with E-state index in [9.17, 15) is 0 Å². The average molecular weight is 227 g/mol. The molecule has 0 spiro atoms. The Morgan fingerprint density at radius 3 is 2.65 bits per heavy atom. The highest BCUT2D eigenvalue weighted by atomic mass is 14.9. The van der Waals surface area contributed by atoms with E-state index < -0.39 is 0 Å². The van der Waals surface area contributed by atoms with Crippen LogP contribution >= 0.6 is 0 Å². The van der Waals surface area contributed by atoms with E-state index >= 15 is 0 Å². The maximum atomic E-state index is 4.26. The van der Waals surface area contributed by atoms with Gasteiger partial charge < -0.3 is 5.32 Å². The monoisotopic (exact) mass is 227 g/mol. The lowest BCUT2D eigenvalue weighted by Crippen LogP contribution is -2.22. The maximum absolute atomic E-state index is 4.26. The van der Waals surface area contributed by atoms with Gasteiger partial charge >= 0.3 is 0 Å². The molecule has 0 radical (unpaired) electrons. The summed E-state index contributed by atoms with van der Waals surface area (Å²) in [7, 11) is 0. The summed E-state index contributed by atoms with van der Waals surface area (Å²) < 4.78 is 0. The summed E-state index contributed by atoms with van der Waals surface area (Å²) in [6.07, 6.45) is 3.23. The van der Waals surface area contributed by atoms with Crippen LogP contribution in [0.5, 0.6) is 0 Å². The number of rotatable bonds is 1. The van der Waals surface area contributed by atoms with Crippen LogP contribution in [0, 0.1) is 6.92 Å². The summed E-state index contributed by atoms with van der Waals surface area (Å²) in [6, 6.07) is 6.61. The minimum Gasteiger partial charge on any atom is -0.359 e. The third-order valence-corrected chi connectivity index (χ3v) is 3.91. The molecular weight excluding hydrogens is 206 g/mol. The van der Waals surface area contributed by atoms with Crippen LogP contribution in [0.2, 0.25) is 0 Å². The minimum atomic E-state index is 0.0338. The quantitative estimate of drug-likeness (QED) is 0.742. The number of allylic oxidation sites excluding steroid dienone is 3. The second-order valence-corrected chi connectivity index (χ2v) is 5.21. The SMILES string of the molecule is C=C1C=C(C)Nc2ccc(C)cc2C1(C)CC. The minimum absolute atomic E-state index is 0.0338. The molecule has 0 fully saturated rings. The average Bonchev–Trinajstić information content (AvgIpc) is 2.37. The highest BCUT2D eigenvalue weighted by Crippen LogP contribution is 2.42. The molecule has 2 rings (SSSR count). The molecule has 0 saturated heterocycles. The Labute approximate surface area is 104 Å². The molecule has 1 N–H and O–H groups in total. The fourth-order valence-electron chi connectivity index (χ4n) is 2.48. The van der Waals surface area contributed by atoms with Gasteiger partial charge in [0.1, 0.15) is 0 Å². The molecule has 0 bridgehead atoms. The summed E-state index contributed by atoms with van der Waals surface area (Å²) in [4.78, 5) is 0. The standard InChI is InChI=1S/C16H21N/c1-6-16(5)12(3)10-13(4)17-15-8-7-11(2)9-14(15)16/h7-10,17H,3,6H2,1-2,4-5H3. The summed E-state index contributed by atoms with van der Waals surface area (Å²) >= 11 is 0. The van der Waals surface area contributed by atoms with Gasteiger partial charge in [0.15, 0.2) is 0 Å². The number of hydrogen-bond donors (Lipinski definition) is 1. The number of fused-ring (bicyclic) bond motifs is 1. The van der Waals surface area contributed by atoms with Gasteiger partial charge in [0.05, 0.1) is 0 Å². The normalized spacial score (nSPS) is 23.5. The fourth-order valence-corrected chi connectivity index (χ4v) is 2.48. The van der Waals surface area contributed by atoms with E-state index in [2.05, 4.69) is 63.9 Å². The molecule has 1 aromatic rings. The predicted octanol–water partition coefficient (Wildman–Crippen LogP) is 4.55. The molecule has 90 valence electrons.